The first kappa shape index (κ1) is 22.3. The largest absolute Gasteiger partial charge is 0.506 e. The Kier molecular flexibility index (Phi) is 5.91. The van der Waals surface area contributed by atoms with E-state index in [4.69, 9.17) is 4.74 Å². The smallest absolute Gasteiger partial charge is 0.243 e. The number of phenols is 1. The van der Waals surface area contributed by atoms with Crippen molar-refractivity contribution >= 4 is 32.3 Å². The number of ether oxygens (including phenoxy) is 1. The van der Waals surface area contributed by atoms with Gasteiger partial charge < -0.3 is 15.2 Å². The van der Waals surface area contributed by atoms with Crippen molar-refractivity contribution in [3.63, 3.8) is 0 Å². The van der Waals surface area contributed by atoms with Crippen molar-refractivity contribution < 1.29 is 18.3 Å². The number of benzene rings is 3. The highest BCUT2D eigenvalue weighted by Crippen LogP contribution is 2.34. The predicted octanol–water partition coefficient (Wildman–Crippen LogP) is 4.08. The number of anilines is 2. The molecule has 8 nitrogen and oxygen atoms in total. The number of aromatic nitrogens is 2. The normalized spacial score (nSPS) is 14.9. The first-order valence-electron chi connectivity index (χ1n) is 10.9. The zero-order valence-electron chi connectivity index (χ0n) is 18.6. The van der Waals surface area contributed by atoms with Crippen LogP contribution in [0.5, 0.6) is 5.75 Å². The van der Waals surface area contributed by atoms with Crippen molar-refractivity contribution in [2.24, 2.45) is 0 Å². The fraction of sp³-hybridized carbons (Fsp3) is 0.200. The molecule has 0 atom stereocenters. The van der Waals surface area contributed by atoms with Crippen LogP contribution in [-0.2, 0) is 14.8 Å². The standard InChI is InChI=1S/C25H24N4O4S/c1-17-10-11-18(16-23(17)34(31,32)29-12-14-33-15-13-29)24-19-6-2-3-7-20(19)25(28-27-24)26-21-8-4-5-9-22(21)30/h2-11,16,30H,12-15H2,1H3,(H,26,28). The van der Waals surface area contributed by atoms with Crippen molar-refractivity contribution in [1.82, 2.24) is 14.5 Å². The summed E-state index contributed by atoms with van der Waals surface area (Å²) >= 11 is 0. The maximum Gasteiger partial charge on any atom is 0.243 e. The third kappa shape index (κ3) is 4.09. The van der Waals surface area contributed by atoms with Gasteiger partial charge in [0.25, 0.3) is 0 Å². The highest BCUT2D eigenvalue weighted by molar-refractivity contribution is 7.89. The van der Waals surface area contributed by atoms with Crippen molar-refractivity contribution in [2.45, 2.75) is 11.8 Å². The summed E-state index contributed by atoms with van der Waals surface area (Å²) < 4.78 is 33.5. The van der Waals surface area contributed by atoms with Gasteiger partial charge in [-0.25, -0.2) is 8.42 Å². The Balaban J connectivity index is 1.59. The summed E-state index contributed by atoms with van der Waals surface area (Å²) in [5, 5.41) is 23.7. The van der Waals surface area contributed by atoms with E-state index in [2.05, 4.69) is 15.5 Å². The highest BCUT2D eigenvalue weighted by Gasteiger charge is 2.28. The quantitative estimate of drug-likeness (QED) is 0.418. The zero-order valence-corrected chi connectivity index (χ0v) is 19.4. The first-order chi connectivity index (χ1) is 16.4. The molecule has 1 aromatic heterocycles. The number of aryl methyl sites for hydroxylation is 1. The minimum Gasteiger partial charge on any atom is -0.506 e. The van der Waals surface area contributed by atoms with Gasteiger partial charge in [0.05, 0.1) is 23.8 Å². The molecule has 0 radical (unpaired) electrons. The fourth-order valence-corrected chi connectivity index (χ4v) is 5.73. The van der Waals surface area contributed by atoms with Crippen LogP contribution in [0.15, 0.2) is 71.6 Å². The second kappa shape index (κ2) is 9.02. The van der Waals surface area contributed by atoms with E-state index in [0.717, 1.165) is 10.8 Å². The third-order valence-corrected chi connectivity index (χ3v) is 7.93. The third-order valence-electron chi connectivity index (χ3n) is 5.89. The van der Waals surface area contributed by atoms with Crippen LogP contribution in [0.25, 0.3) is 22.0 Å². The molecule has 0 aliphatic carbocycles. The summed E-state index contributed by atoms with van der Waals surface area (Å²) in [6, 6.07) is 19.9. The fourth-order valence-electron chi connectivity index (χ4n) is 4.07. The molecule has 0 unspecified atom stereocenters. The van der Waals surface area contributed by atoms with E-state index in [9.17, 15) is 13.5 Å². The van der Waals surface area contributed by atoms with Crippen LogP contribution >= 0.6 is 0 Å². The molecule has 0 saturated carbocycles. The molecular formula is C25H24N4O4S. The van der Waals surface area contributed by atoms with Crippen LogP contribution in [0.4, 0.5) is 11.5 Å². The van der Waals surface area contributed by atoms with Crippen LogP contribution in [0.2, 0.25) is 0 Å². The molecule has 2 N–H and O–H groups in total. The molecule has 3 aromatic carbocycles. The number of fused-ring (bicyclic) bond motifs is 1. The highest BCUT2D eigenvalue weighted by atomic mass is 32.2. The number of rotatable bonds is 5. The molecule has 2 heterocycles. The molecule has 0 amide bonds. The van der Waals surface area contributed by atoms with Gasteiger partial charge in [0.1, 0.15) is 11.4 Å². The molecule has 1 fully saturated rings. The summed E-state index contributed by atoms with van der Waals surface area (Å²) in [4.78, 5) is 0.259. The summed E-state index contributed by atoms with van der Waals surface area (Å²) in [6.07, 6.45) is 0. The molecular weight excluding hydrogens is 452 g/mol. The SMILES string of the molecule is Cc1ccc(-c2nnc(Nc3ccccc3O)c3ccccc23)cc1S(=O)(=O)N1CCOCC1. The minimum absolute atomic E-state index is 0.106. The molecule has 1 aliphatic rings. The molecule has 174 valence electrons. The summed E-state index contributed by atoms with van der Waals surface area (Å²) in [5.74, 6) is 0.600. The summed E-state index contributed by atoms with van der Waals surface area (Å²) in [7, 11) is -3.67. The van der Waals surface area contributed by atoms with Gasteiger partial charge in [-0.1, -0.05) is 48.5 Å². The van der Waals surface area contributed by atoms with Gasteiger partial charge in [-0.3, -0.25) is 0 Å². The van der Waals surface area contributed by atoms with E-state index in [1.165, 1.54) is 4.31 Å². The van der Waals surface area contributed by atoms with Crippen molar-refractivity contribution in [3.05, 3.63) is 72.3 Å². The monoisotopic (exact) mass is 476 g/mol. The van der Waals surface area contributed by atoms with E-state index in [1.807, 2.05) is 36.4 Å². The van der Waals surface area contributed by atoms with Crippen LogP contribution in [0.3, 0.4) is 0 Å². The van der Waals surface area contributed by atoms with E-state index in [0.29, 0.717) is 54.6 Å². The van der Waals surface area contributed by atoms with Gasteiger partial charge in [0, 0.05) is 29.4 Å². The van der Waals surface area contributed by atoms with Gasteiger partial charge >= 0.3 is 0 Å². The van der Waals surface area contributed by atoms with Gasteiger partial charge in [-0.15, -0.1) is 10.2 Å². The molecule has 34 heavy (non-hydrogen) atoms. The number of morpholine rings is 1. The first-order valence-corrected chi connectivity index (χ1v) is 12.4. The zero-order chi connectivity index (χ0) is 23.7. The Hall–Kier alpha value is -3.53. The van der Waals surface area contributed by atoms with Crippen LogP contribution in [-0.4, -0.2) is 54.3 Å². The number of nitrogens with one attached hydrogen (secondary N) is 1. The molecule has 1 aliphatic heterocycles. The van der Waals surface area contributed by atoms with E-state index in [-0.39, 0.29) is 10.6 Å². The van der Waals surface area contributed by atoms with Gasteiger partial charge in [-0.2, -0.15) is 4.31 Å². The topological polar surface area (TPSA) is 105 Å². The summed E-state index contributed by atoms with van der Waals surface area (Å²) in [5.41, 5.74) is 2.43. The van der Waals surface area contributed by atoms with Crippen LogP contribution in [0, 0.1) is 6.92 Å². The lowest BCUT2D eigenvalue weighted by Crippen LogP contribution is -2.40. The average molecular weight is 477 g/mol. The van der Waals surface area contributed by atoms with Crippen molar-refractivity contribution in [1.29, 1.82) is 0 Å². The number of para-hydroxylation sites is 2. The summed E-state index contributed by atoms with van der Waals surface area (Å²) in [6.45, 7) is 3.24. The number of phenolic OH excluding ortho intramolecular Hbond substituents is 1. The molecule has 0 bridgehead atoms. The Labute approximate surface area is 197 Å². The molecule has 4 aromatic rings. The van der Waals surface area contributed by atoms with Gasteiger partial charge in [0.15, 0.2) is 5.82 Å². The number of nitrogens with zero attached hydrogens (tertiary/aromatic N) is 3. The van der Waals surface area contributed by atoms with Crippen molar-refractivity contribution in [2.75, 3.05) is 31.6 Å². The maximum atomic E-state index is 13.3. The average Bonchev–Trinajstić information content (AvgIpc) is 2.86. The Morgan fingerprint density at radius 3 is 2.41 bits per heavy atom. The second-order valence-electron chi connectivity index (χ2n) is 8.08. The predicted molar refractivity (Wildman–Crippen MR) is 131 cm³/mol. The van der Waals surface area contributed by atoms with E-state index in [1.54, 1.807) is 37.3 Å². The molecule has 5 rings (SSSR count). The molecule has 0 spiro atoms. The van der Waals surface area contributed by atoms with E-state index >= 15 is 0 Å². The number of hydrogen-bond acceptors (Lipinski definition) is 7. The van der Waals surface area contributed by atoms with Crippen LogP contribution < -0.4 is 5.32 Å². The number of aromatic hydroxyl groups is 1. The van der Waals surface area contributed by atoms with E-state index < -0.39 is 10.0 Å². The minimum atomic E-state index is -3.67. The second-order valence-corrected chi connectivity index (χ2v) is 9.99. The van der Waals surface area contributed by atoms with Gasteiger partial charge in [-0.05, 0) is 30.7 Å². The lowest BCUT2D eigenvalue weighted by Gasteiger charge is -2.26. The Morgan fingerprint density at radius 1 is 0.941 bits per heavy atom. The van der Waals surface area contributed by atoms with Crippen LogP contribution in [0.1, 0.15) is 5.56 Å². The maximum absolute atomic E-state index is 13.3. The number of sulfonamides is 1. The number of hydrogen-bond donors (Lipinski definition) is 2. The molecule has 1 saturated heterocycles. The Bertz CT molecular complexity index is 1470. The van der Waals surface area contributed by atoms with Gasteiger partial charge in [0.2, 0.25) is 10.0 Å². The Morgan fingerprint density at radius 2 is 1.65 bits per heavy atom. The lowest BCUT2D eigenvalue weighted by molar-refractivity contribution is 0.0730. The lowest BCUT2D eigenvalue weighted by atomic mass is 10.0. The molecule has 9 heteroatoms. The van der Waals surface area contributed by atoms with Crippen molar-refractivity contribution in [3.8, 4) is 17.0 Å².